The van der Waals surface area contributed by atoms with E-state index < -0.39 is 0 Å². The Morgan fingerprint density at radius 1 is 1.41 bits per heavy atom. The van der Waals surface area contributed by atoms with Crippen LogP contribution in [0.3, 0.4) is 0 Å². The van der Waals surface area contributed by atoms with E-state index in [9.17, 15) is 0 Å². The van der Waals surface area contributed by atoms with Crippen molar-refractivity contribution in [1.29, 1.82) is 0 Å². The van der Waals surface area contributed by atoms with E-state index in [2.05, 4.69) is 55.0 Å². The van der Waals surface area contributed by atoms with E-state index in [0.717, 1.165) is 22.1 Å². The lowest BCUT2D eigenvalue weighted by atomic mass is 10.2. The summed E-state index contributed by atoms with van der Waals surface area (Å²) in [5.41, 5.74) is 0. The monoisotopic (exact) mass is 295 g/mol. The van der Waals surface area contributed by atoms with Gasteiger partial charge in [0.05, 0.1) is 6.54 Å². The zero-order chi connectivity index (χ0) is 12.3. The van der Waals surface area contributed by atoms with Crippen LogP contribution in [-0.4, -0.2) is 19.9 Å². The molecule has 0 aliphatic carbocycles. The van der Waals surface area contributed by atoms with E-state index in [-0.39, 0.29) is 0 Å². The van der Waals surface area contributed by atoms with Gasteiger partial charge in [0.2, 0.25) is 0 Å². The number of rotatable bonds is 4. The average Bonchev–Trinajstić information content (AvgIpc) is 2.78. The van der Waals surface area contributed by atoms with Gasteiger partial charge < -0.3 is 10.3 Å². The molecule has 0 aliphatic rings. The summed E-state index contributed by atoms with van der Waals surface area (Å²) in [7, 11) is 0. The number of nitrogens with zero attached hydrogens (tertiary/aromatic N) is 3. The van der Waals surface area contributed by atoms with Gasteiger partial charge in [0.25, 0.3) is 0 Å². The molecule has 0 spiro atoms. The summed E-state index contributed by atoms with van der Waals surface area (Å²) in [6.07, 6.45) is 3.53. The molecule has 5 nitrogen and oxygen atoms in total. The topological polar surface area (TPSA) is 66.5 Å². The Labute approximate surface area is 108 Å². The second-order valence-corrected chi connectivity index (χ2v) is 4.79. The number of aromatic amines is 1. The molecule has 90 valence electrons. The van der Waals surface area contributed by atoms with Crippen molar-refractivity contribution >= 4 is 21.7 Å². The molecule has 0 bridgehead atoms. The zero-order valence-electron chi connectivity index (χ0n) is 9.74. The van der Waals surface area contributed by atoms with Gasteiger partial charge in [0, 0.05) is 24.4 Å². The highest BCUT2D eigenvalue weighted by Gasteiger charge is 2.06. The quantitative estimate of drug-likeness (QED) is 0.851. The van der Waals surface area contributed by atoms with E-state index in [1.165, 1.54) is 0 Å². The lowest BCUT2D eigenvalue weighted by Gasteiger charge is -2.08. The molecule has 2 heterocycles. The van der Waals surface area contributed by atoms with Crippen LogP contribution in [0.2, 0.25) is 0 Å². The van der Waals surface area contributed by atoms with Gasteiger partial charge >= 0.3 is 0 Å². The normalized spacial score (nSPS) is 10.8. The van der Waals surface area contributed by atoms with Crippen molar-refractivity contribution in [1.82, 2.24) is 19.9 Å². The fourth-order valence-electron chi connectivity index (χ4n) is 1.35. The molecule has 0 amide bonds. The standard InChI is InChI=1S/C11H14BrN5/c1-7(2)11-16-8(12)5-9(17-11)15-6-10-13-3-4-14-10/h3-5,7H,6H2,1-2H3,(H,13,14)(H,15,16,17). The highest BCUT2D eigenvalue weighted by molar-refractivity contribution is 9.10. The minimum atomic E-state index is 0.302. The summed E-state index contributed by atoms with van der Waals surface area (Å²) < 4.78 is 0.790. The van der Waals surface area contributed by atoms with Crippen molar-refractivity contribution < 1.29 is 0 Å². The lowest BCUT2D eigenvalue weighted by Crippen LogP contribution is -2.06. The maximum atomic E-state index is 4.44. The van der Waals surface area contributed by atoms with E-state index in [4.69, 9.17) is 0 Å². The maximum absolute atomic E-state index is 4.44. The molecule has 2 aromatic heterocycles. The Bertz CT molecular complexity index is 481. The van der Waals surface area contributed by atoms with Crippen molar-refractivity contribution in [3.8, 4) is 0 Å². The third-order valence-electron chi connectivity index (χ3n) is 2.22. The summed E-state index contributed by atoms with van der Waals surface area (Å²) in [6, 6.07) is 1.86. The largest absolute Gasteiger partial charge is 0.363 e. The van der Waals surface area contributed by atoms with Gasteiger partial charge in [-0.05, 0) is 15.9 Å². The first-order valence-corrected chi connectivity index (χ1v) is 6.21. The second kappa shape index (κ2) is 5.27. The molecule has 0 atom stereocenters. The number of anilines is 1. The lowest BCUT2D eigenvalue weighted by molar-refractivity contribution is 0.769. The summed E-state index contributed by atoms with van der Waals surface area (Å²) in [5, 5.41) is 3.21. The molecule has 0 radical (unpaired) electrons. The Hall–Kier alpha value is -1.43. The predicted molar refractivity (Wildman–Crippen MR) is 69.7 cm³/mol. The smallest absolute Gasteiger partial charge is 0.134 e. The van der Waals surface area contributed by atoms with Crippen LogP contribution in [0.15, 0.2) is 23.1 Å². The third-order valence-corrected chi connectivity index (χ3v) is 2.63. The van der Waals surface area contributed by atoms with Crippen molar-refractivity contribution in [3.05, 3.63) is 34.7 Å². The molecular weight excluding hydrogens is 282 g/mol. The van der Waals surface area contributed by atoms with Crippen molar-refractivity contribution in [2.75, 3.05) is 5.32 Å². The number of imidazole rings is 1. The second-order valence-electron chi connectivity index (χ2n) is 3.98. The van der Waals surface area contributed by atoms with Crippen molar-refractivity contribution in [2.24, 2.45) is 0 Å². The summed E-state index contributed by atoms with van der Waals surface area (Å²) >= 11 is 3.39. The Balaban J connectivity index is 2.10. The molecule has 0 aromatic carbocycles. The van der Waals surface area contributed by atoms with Crippen LogP contribution in [0.5, 0.6) is 0 Å². The average molecular weight is 296 g/mol. The summed E-state index contributed by atoms with van der Waals surface area (Å²) in [5.74, 6) is 2.80. The zero-order valence-corrected chi connectivity index (χ0v) is 11.3. The van der Waals surface area contributed by atoms with Crippen LogP contribution in [0.4, 0.5) is 5.82 Å². The molecule has 6 heteroatoms. The highest BCUT2D eigenvalue weighted by Crippen LogP contribution is 2.17. The molecule has 0 saturated heterocycles. The number of H-pyrrole nitrogens is 1. The van der Waals surface area contributed by atoms with Crippen LogP contribution in [0.25, 0.3) is 0 Å². The highest BCUT2D eigenvalue weighted by atomic mass is 79.9. The molecule has 0 aliphatic heterocycles. The Morgan fingerprint density at radius 3 is 2.88 bits per heavy atom. The van der Waals surface area contributed by atoms with E-state index in [0.29, 0.717) is 12.5 Å². The molecule has 0 fully saturated rings. The third kappa shape index (κ3) is 3.26. The van der Waals surface area contributed by atoms with Gasteiger partial charge in [0.15, 0.2) is 0 Å². The fraction of sp³-hybridized carbons (Fsp3) is 0.364. The summed E-state index contributed by atoms with van der Waals surface area (Å²) in [6.45, 7) is 4.75. The minimum absolute atomic E-state index is 0.302. The molecule has 2 rings (SSSR count). The van der Waals surface area contributed by atoms with E-state index in [1.54, 1.807) is 12.4 Å². The van der Waals surface area contributed by atoms with Gasteiger partial charge in [-0.3, -0.25) is 0 Å². The van der Waals surface area contributed by atoms with Gasteiger partial charge in [-0.1, -0.05) is 13.8 Å². The van der Waals surface area contributed by atoms with Gasteiger partial charge in [-0.25, -0.2) is 15.0 Å². The maximum Gasteiger partial charge on any atom is 0.134 e. The van der Waals surface area contributed by atoms with Crippen LogP contribution in [0.1, 0.15) is 31.4 Å². The number of aromatic nitrogens is 4. The first-order valence-electron chi connectivity index (χ1n) is 5.42. The van der Waals surface area contributed by atoms with Crippen LogP contribution >= 0.6 is 15.9 Å². The Morgan fingerprint density at radius 2 is 2.24 bits per heavy atom. The number of nitrogens with one attached hydrogen (secondary N) is 2. The van der Waals surface area contributed by atoms with Crippen LogP contribution in [0, 0.1) is 0 Å². The van der Waals surface area contributed by atoms with Crippen LogP contribution in [-0.2, 0) is 6.54 Å². The molecule has 0 unspecified atom stereocenters. The van der Waals surface area contributed by atoms with E-state index >= 15 is 0 Å². The Kier molecular flexibility index (Phi) is 3.73. The number of hydrogen-bond acceptors (Lipinski definition) is 4. The van der Waals surface area contributed by atoms with Gasteiger partial charge in [0.1, 0.15) is 22.1 Å². The van der Waals surface area contributed by atoms with Gasteiger partial charge in [-0.2, -0.15) is 0 Å². The SMILES string of the molecule is CC(C)c1nc(Br)cc(NCc2ncc[nH]2)n1. The number of halogens is 1. The van der Waals surface area contributed by atoms with Crippen molar-refractivity contribution in [2.45, 2.75) is 26.3 Å². The first kappa shape index (κ1) is 12.0. The predicted octanol–water partition coefficient (Wildman–Crippen LogP) is 2.70. The molecule has 17 heavy (non-hydrogen) atoms. The van der Waals surface area contributed by atoms with Crippen molar-refractivity contribution in [3.63, 3.8) is 0 Å². The summed E-state index contributed by atoms with van der Waals surface area (Å²) in [4.78, 5) is 15.9. The minimum Gasteiger partial charge on any atom is -0.363 e. The molecular formula is C11H14BrN5. The molecule has 0 saturated carbocycles. The number of hydrogen-bond donors (Lipinski definition) is 2. The van der Waals surface area contributed by atoms with Crippen LogP contribution < -0.4 is 5.32 Å². The molecule has 2 aromatic rings. The van der Waals surface area contributed by atoms with Gasteiger partial charge in [-0.15, -0.1) is 0 Å². The fourth-order valence-corrected chi connectivity index (χ4v) is 1.75. The van der Waals surface area contributed by atoms with E-state index in [1.807, 2.05) is 6.07 Å². The first-order chi connectivity index (χ1) is 8.15. The molecule has 2 N–H and O–H groups in total.